The number of aliphatic hydroxyl groups excluding tert-OH is 1. The first-order valence-corrected chi connectivity index (χ1v) is 7.88. The summed E-state index contributed by atoms with van der Waals surface area (Å²) in [6, 6.07) is 1.54. The number of fused-ring (bicyclic) bond motifs is 1. The lowest BCUT2D eigenvalue weighted by atomic mass is 9.86. The zero-order valence-electron chi connectivity index (χ0n) is 13.0. The highest BCUT2D eigenvalue weighted by Gasteiger charge is 2.26. The number of benzene rings is 1. The van der Waals surface area contributed by atoms with Gasteiger partial charge in [-0.2, -0.15) is 0 Å². The molecule has 0 aliphatic rings. The number of carboxylic acid groups (broad SMARTS) is 1. The molecular formula is C16H18BrNO5. The van der Waals surface area contributed by atoms with Crippen LogP contribution in [0.25, 0.3) is 10.9 Å². The molecule has 0 fully saturated rings. The summed E-state index contributed by atoms with van der Waals surface area (Å²) >= 11 is 3.36. The summed E-state index contributed by atoms with van der Waals surface area (Å²) in [4.78, 5) is 26.5. The van der Waals surface area contributed by atoms with Crippen molar-refractivity contribution in [3.05, 3.63) is 38.1 Å². The van der Waals surface area contributed by atoms with Crippen LogP contribution in [0.1, 0.15) is 35.7 Å². The molecule has 6 nitrogen and oxygen atoms in total. The molecule has 2 aromatic rings. The first-order chi connectivity index (χ1) is 10.8. The van der Waals surface area contributed by atoms with E-state index < -0.39 is 11.4 Å². The SMILES string of the molecule is COc1c(Br)cc2c(=O)c(C(=O)O)c[nH]c2c1C(CO)C(C)C. The summed E-state index contributed by atoms with van der Waals surface area (Å²) in [6.45, 7) is 3.79. The van der Waals surface area contributed by atoms with Gasteiger partial charge in [-0.1, -0.05) is 13.8 Å². The van der Waals surface area contributed by atoms with E-state index >= 15 is 0 Å². The first-order valence-electron chi connectivity index (χ1n) is 7.09. The summed E-state index contributed by atoms with van der Waals surface area (Å²) in [5.41, 5.74) is 0.234. The van der Waals surface area contributed by atoms with Crippen LogP contribution in [0.3, 0.4) is 0 Å². The Balaban J connectivity index is 2.95. The number of aromatic nitrogens is 1. The molecule has 0 spiro atoms. The zero-order valence-corrected chi connectivity index (χ0v) is 14.6. The minimum atomic E-state index is -1.29. The van der Waals surface area contributed by atoms with Crippen LogP contribution in [0.2, 0.25) is 0 Å². The topological polar surface area (TPSA) is 99.6 Å². The highest BCUT2D eigenvalue weighted by atomic mass is 79.9. The van der Waals surface area contributed by atoms with Gasteiger partial charge in [-0.15, -0.1) is 0 Å². The van der Waals surface area contributed by atoms with E-state index in [-0.39, 0.29) is 29.4 Å². The second-order valence-corrected chi connectivity index (χ2v) is 6.45. The number of aromatic carboxylic acids is 1. The van der Waals surface area contributed by atoms with Gasteiger partial charge in [0.15, 0.2) is 0 Å². The number of aliphatic hydroxyl groups is 1. The third-order valence-electron chi connectivity index (χ3n) is 3.93. The number of hydrogen-bond acceptors (Lipinski definition) is 4. The molecule has 0 bridgehead atoms. The molecule has 1 atom stereocenters. The smallest absolute Gasteiger partial charge is 0.341 e. The quantitative estimate of drug-likeness (QED) is 0.736. The van der Waals surface area contributed by atoms with Crippen LogP contribution in [-0.2, 0) is 0 Å². The second-order valence-electron chi connectivity index (χ2n) is 5.60. The highest BCUT2D eigenvalue weighted by Crippen LogP contribution is 2.40. The Morgan fingerprint density at radius 3 is 2.57 bits per heavy atom. The number of carboxylic acids is 1. The summed E-state index contributed by atoms with van der Waals surface area (Å²) in [5, 5.41) is 19.1. The number of pyridine rings is 1. The first kappa shape index (κ1) is 17.5. The number of methoxy groups -OCH3 is 1. The summed E-state index contributed by atoms with van der Waals surface area (Å²) in [7, 11) is 1.51. The van der Waals surface area contributed by atoms with Crippen LogP contribution < -0.4 is 10.2 Å². The number of aromatic amines is 1. The summed E-state index contributed by atoms with van der Waals surface area (Å²) in [5.74, 6) is -0.946. The van der Waals surface area contributed by atoms with E-state index in [0.717, 1.165) is 0 Å². The molecule has 1 heterocycles. The maximum atomic E-state index is 12.4. The predicted octanol–water partition coefficient (Wildman–Crippen LogP) is 2.73. The van der Waals surface area contributed by atoms with Crippen LogP contribution in [0.15, 0.2) is 21.5 Å². The Labute approximate surface area is 141 Å². The number of H-pyrrole nitrogens is 1. The molecule has 0 aliphatic carbocycles. The molecule has 0 radical (unpaired) electrons. The average Bonchev–Trinajstić information content (AvgIpc) is 2.48. The third-order valence-corrected chi connectivity index (χ3v) is 4.52. The molecule has 0 amide bonds. The molecule has 1 aromatic carbocycles. The van der Waals surface area contributed by atoms with Crippen molar-refractivity contribution in [2.75, 3.05) is 13.7 Å². The molecule has 3 N–H and O–H groups in total. The fourth-order valence-corrected chi connectivity index (χ4v) is 3.30. The fourth-order valence-electron chi connectivity index (χ4n) is 2.70. The van der Waals surface area contributed by atoms with E-state index in [1.807, 2.05) is 13.8 Å². The number of carbonyl (C=O) groups is 1. The van der Waals surface area contributed by atoms with E-state index in [1.54, 1.807) is 0 Å². The van der Waals surface area contributed by atoms with Crippen LogP contribution in [0.4, 0.5) is 0 Å². The molecule has 0 aliphatic heterocycles. The van der Waals surface area contributed by atoms with Gasteiger partial charge in [0.25, 0.3) is 0 Å². The maximum Gasteiger partial charge on any atom is 0.341 e. The van der Waals surface area contributed by atoms with Gasteiger partial charge < -0.3 is 19.9 Å². The predicted molar refractivity (Wildman–Crippen MR) is 90.4 cm³/mol. The van der Waals surface area contributed by atoms with Crippen LogP contribution in [-0.4, -0.2) is 34.9 Å². The van der Waals surface area contributed by atoms with Crippen molar-refractivity contribution in [2.45, 2.75) is 19.8 Å². The third kappa shape index (κ3) is 2.98. The van der Waals surface area contributed by atoms with Crippen molar-refractivity contribution in [1.29, 1.82) is 0 Å². The number of hydrogen-bond donors (Lipinski definition) is 3. The monoisotopic (exact) mass is 383 g/mol. The lowest BCUT2D eigenvalue weighted by molar-refractivity contribution is 0.0695. The molecule has 124 valence electrons. The number of nitrogens with one attached hydrogen (secondary N) is 1. The Morgan fingerprint density at radius 2 is 2.09 bits per heavy atom. The highest BCUT2D eigenvalue weighted by molar-refractivity contribution is 9.10. The fraction of sp³-hybridized carbons (Fsp3) is 0.375. The van der Waals surface area contributed by atoms with E-state index in [9.17, 15) is 14.7 Å². The summed E-state index contributed by atoms with van der Waals surface area (Å²) < 4.78 is 5.98. The lowest BCUT2D eigenvalue weighted by Crippen LogP contribution is -2.19. The minimum Gasteiger partial charge on any atom is -0.495 e. The minimum absolute atomic E-state index is 0.0917. The number of rotatable bonds is 5. The van der Waals surface area contributed by atoms with Gasteiger partial charge in [0.1, 0.15) is 11.3 Å². The molecule has 7 heteroatoms. The standard InChI is InChI=1S/C16H18BrNO5/c1-7(2)10(6-19)12-13-8(4-11(17)15(12)23-3)14(20)9(5-18-13)16(21)22/h4-5,7,10,19H,6H2,1-3H3,(H,18,20)(H,21,22). The molecule has 1 unspecified atom stereocenters. The normalized spacial score (nSPS) is 12.6. The van der Waals surface area contributed by atoms with Crippen molar-refractivity contribution in [3.8, 4) is 5.75 Å². The van der Waals surface area contributed by atoms with Gasteiger partial charge >= 0.3 is 5.97 Å². The number of ether oxygens (including phenoxy) is 1. The molecule has 23 heavy (non-hydrogen) atoms. The van der Waals surface area contributed by atoms with Crippen molar-refractivity contribution < 1.29 is 19.7 Å². The van der Waals surface area contributed by atoms with Gasteiger partial charge in [-0.05, 0) is 27.9 Å². The van der Waals surface area contributed by atoms with E-state index in [1.165, 1.54) is 19.4 Å². The van der Waals surface area contributed by atoms with Crippen molar-refractivity contribution in [1.82, 2.24) is 4.98 Å². The van der Waals surface area contributed by atoms with Crippen molar-refractivity contribution >= 4 is 32.8 Å². The van der Waals surface area contributed by atoms with Gasteiger partial charge in [0, 0.05) is 23.1 Å². The largest absolute Gasteiger partial charge is 0.495 e. The Morgan fingerprint density at radius 1 is 1.43 bits per heavy atom. The average molecular weight is 384 g/mol. The second kappa shape index (κ2) is 6.72. The van der Waals surface area contributed by atoms with Gasteiger partial charge in [0.2, 0.25) is 5.43 Å². The molecule has 0 saturated heterocycles. The molecular weight excluding hydrogens is 366 g/mol. The maximum absolute atomic E-state index is 12.4. The summed E-state index contributed by atoms with van der Waals surface area (Å²) in [6.07, 6.45) is 1.18. The van der Waals surface area contributed by atoms with E-state index in [2.05, 4.69) is 20.9 Å². The van der Waals surface area contributed by atoms with Crippen LogP contribution >= 0.6 is 15.9 Å². The van der Waals surface area contributed by atoms with Crippen LogP contribution in [0.5, 0.6) is 5.75 Å². The van der Waals surface area contributed by atoms with Crippen LogP contribution in [0, 0.1) is 5.92 Å². The zero-order chi connectivity index (χ0) is 17.3. The number of halogens is 1. The Kier molecular flexibility index (Phi) is 5.11. The lowest BCUT2D eigenvalue weighted by Gasteiger charge is -2.23. The van der Waals surface area contributed by atoms with Crippen molar-refractivity contribution in [3.63, 3.8) is 0 Å². The van der Waals surface area contributed by atoms with Crippen molar-refractivity contribution in [2.24, 2.45) is 5.92 Å². The molecule has 0 saturated carbocycles. The van der Waals surface area contributed by atoms with Gasteiger partial charge in [-0.25, -0.2) is 4.79 Å². The van der Waals surface area contributed by atoms with E-state index in [0.29, 0.717) is 21.3 Å². The molecule has 1 aromatic heterocycles. The van der Waals surface area contributed by atoms with Gasteiger partial charge in [-0.3, -0.25) is 4.79 Å². The Hall–Kier alpha value is -1.86. The Bertz CT molecular complexity index is 812. The van der Waals surface area contributed by atoms with E-state index in [4.69, 9.17) is 9.84 Å². The molecule has 2 rings (SSSR count). The van der Waals surface area contributed by atoms with Gasteiger partial charge in [0.05, 0.1) is 23.7 Å².